The Bertz CT molecular complexity index is 672. The molecule has 1 saturated heterocycles. The van der Waals surface area contributed by atoms with Crippen molar-refractivity contribution >= 4 is 16.8 Å². The van der Waals surface area contributed by atoms with Gasteiger partial charge in [-0.2, -0.15) is 0 Å². The Balaban J connectivity index is 1.73. The van der Waals surface area contributed by atoms with E-state index in [9.17, 15) is 4.79 Å². The molecule has 1 aromatic heterocycles. The van der Waals surface area contributed by atoms with Gasteiger partial charge in [0, 0.05) is 36.6 Å². The van der Waals surface area contributed by atoms with E-state index in [-0.39, 0.29) is 5.91 Å². The second kappa shape index (κ2) is 7.15. The van der Waals surface area contributed by atoms with Crippen molar-refractivity contribution in [2.24, 2.45) is 0 Å². The summed E-state index contributed by atoms with van der Waals surface area (Å²) in [5.74, 6) is 0.234. The van der Waals surface area contributed by atoms with Crippen molar-refractivity contribution in [1.82, 2.24) is 14.4 Å². The number of amides is 1. The van der Waals surface area contributed by atoms with Crippen molar-refractivity contribution < 1.29 is 9.53 Å². The molecule has 2 heterocycles. The Morgan fingerprint density at radius 2 is 1.96 bits per heavy atom. The second-order valence-corrected chi connectivity index (χ2v) is 6.36. The van der Waals surface area contributed by atoms with E-state index in [2.05, 4.69) is 54.0 Å². The van der Waals surface area contributed by atoms with Gasteiger partial charge in [-0.3, -0.25) is 9.69 Å². The Morgan fingerprint density at radius 1 is 1.22 bits per heavy atom. The van der Waals surface area contributed by atoms with Crippen LogP contribution in [0.15, 0.2) is 30.5 Å². The minimum absolute atomic E-state index is 0.234. The number of para-hydroxylation sites is 1. The van der Waals surface area contributed by atoms with E-state index in [4.69, 9.17) is 4.74 Å². The number of fused-ring (bicyclic) bond motifs is 1. The molecule has 5 heteroatoms. The predicted molar refractivity (Wildman–Crippen MR) is 91.3 cm³/mol. The highest BCUT2D eigenvalue weighted by atomic mass is 16.5. The number of aromatic nitrogens is 1. The summed E-state index contributed by atoms with van der Waals surface area (Å²) in [5.41, 5.74) is 2.49. The largest absolute Gasteiger partial charge is 0.378 e. The van der Waals surface area contributed by atoms with Crippen LogP contribution < -0.4 is 0 Å². The van der Waals surface area contributed by atoms with Gasteiger partial charge in [-0.25, -0.2) is 0 Å². The quantitative estimate of drug-likeness (QED) is 0.846. The van der Waals surface area contributed by atoms with Gasteiger partial charge in [-0.05, 0) is 32.1 Å². The molecule has 0 bridgehead atoms. The van der Waals surface area contributed by atoms with E-state index >= 15 is 0 Å². The molecule has 23 heavy (non-hydrogen) atoms. The highest BCUT2D eigenvalue weighted by Crippen LogP contribution is 2.23. The summed E-state index contributed by atoms with van der Waals surface area (Å²) in [7, 11) is 4.13. The molecule has 1 amide bonds. The maximum atomic E-state index is 12.3. The zero-order valence-corrected chi connectivity index (χ0v) is 14.0. The fourth-order valence-corrected chi connectivity index (χ4v) is 3.16. The number of morpholine rings is 1. The van der Waals surface area contributed by atoms with Gasteiger partial charge in [0.2, 0.25) is 5.91 Å². The van der Waals surface area contributed by atoms with Gasteiger partial charge in [0.25, 0.3) is 0 Å². The van der Waals surface area contributed by atoms with Crippen molar-refractivity contribution in [2.45, 2.75) is 19.5 Å². The third-order valence-corrected chi connectivity index (χ3v) is 4.28. The molecular formula is C18H25N3O2. The number of rotatable bonds is 5. The number of benzene rings is 1. The zero-order chi connectivity index (χ0) is 16.2. The topological polar surface area (TPSA) is 37.7 Å². The molecule has 1 fully saturated rings. The van der Waals surface area contributed by atoms with Crippen LogP contribution in [-0.4, -0.2) is 60.7 Å². The predicted octanol–water partition coefficient (Wildman–Crippen LogP) is 1.95. The molecule has 0 unspecified atom stereocenters. The van der Waals surface area contributed by atoms with Gasteiger partial charge in [-0.15, -0.1) is 0 Å². The molecule has 0 aliphatic carbocycles. The Kier molecular flexibility index (Phi) is 4.98. The van der Waals surface area contributed by atoms with E-state index in [1.807, 2.05) is 4.90 Å². The van der Waals surface area contributed by atoms with Crippen LogP contribution >= 0.6 is 0 Å². The average Bonchev–Trinajstić information content (AvgIpc) is 2.91. The number of carbonyl (C=O) groups is 1. The van der Waals surface area contributed by atoms with Crippen LogP contribution in [0.3, 0.4) is 0 Å². The lowest BCUT2D eigenvalue weighted by molar-refractivity contribution is -0.135. The van der Waals surface area contributed by atoms with Crippen LogP contribution in [0.2, 0.25) is 0 Å². The van der Waals surface area contributed by atoms with E-state index in [1.54, 1.807) is 0 Å². The fourth-order valence-electron chi connectivity index (χ4n) is 3.16. The van der Waals surface area contributed by atoms with E-state index < -0.39 is 0 Å². The van der Waals surface area contributed by atoms with Gasteiger partial charge >= 0.3 is 0 Å². The third-order valence-electron chi connectivity index (χ3n) is 4.28. The normalized spacial score (nSPS) is 15.5. The molecule has 3 rings (SSSR count). The van der Waals surface area contributed by atoms with Crippen molar-refractivity contribution in [3.8, 4) is 0 Å². The number of aryl methyl sites for hydroxylation is 1. The maximum Gasteiger partial charge on any atom is 0.223 e. The highest BCUT2D eigenvalue weighted by Gasteiger charge is 2.17. The summed E-state index contributed by atoms with van der Waals surface area (Å²) >= 11 is 0. The first kappa shape index (κ1) is 16.0. The summed E-state index contributed by atoms with van der Waals surface area (Å²) in [5, 5.41) is 1.25. The first-order chi connectivity index (χ1) is 11.1. The Morgan fingerprint density at radius 3 is 2.70 bits per heavy atom. The van der Waals surface area contributed by atoms with Crippen molar-refractivity contribution in [3.63, 3.8) is 0 Å². The molecule has 1 aliphatic heterocycles. The molecule has 2 aromatic rings. The number of hydrogen-bond acceptors (Lipinski definition) is 3. The van der Waals surface area contributed by atoms with Crippen molar-refractivity contribution in [2.75, 3.05) is 40.4 Å². The smallest absolute Gasteiger partial charge is 0.223 e. The standard InChI is InChI=1S/C18H25N3O2/c1-19(2)14-21-13-15(16-5-3-4-6-17(16)21)7-8-18(22)20-9-11-23-12-10-20/h3-6,13H,7-12,14H2,1-2H3. The summed E-state index contributed by atoms with van der Waals surface area (Å²) in [6.07, 6.45) is 3.55. The molecule has 1 aliphatic rings. The van der Waals surface area contributed by atoms with Crippen LogP contribution in [0.5, 0.6) is 0 Å². The average molecular weight is 315 g/mol. The van der Waals surface area contributed by atoms with Crippen LogP contribution in [-0.2, 0) is 22.6 Å². The van der Waals surface area contributed by atoms with Crippen LogP contribution in [0, 0.1) is 0 Å². The maximum absolute atomic E-state index is 12.3. The lowest BCUT2D eigenvalue weighted by Gasteiger charge is -2.26. The summed E-state index contributed by atoms with van der Waals surface area (Å²) in [6.45, 7) is 3.61. The van der Waals surface area contributed by atoms with E-state index in [0.717, 1.165) is 26.2 Å². The minimum Gasteiger partial charge on any atom is -0.378 e. The molecular weight excluding hydrogens is 290 g/mol. The lowest BCUT2D eigenvalue weighted by atomic mass is 10.1. The SMILES string of the molecule is CN(C)Cn1cc(CCC(=O)N2CCOCC2)c2ccccc21. The van der Waals surface area contributed by atoms with Crippen LogP contribution in [0.1, 0.15) is 12.0 Å². The number of hydrogen-bond donors (Lipinski definition) is 0. The monoisotopic (exact) mass is 315 g/mol. The van der Waals surface area contributed by atoms with Crippen molar-refractivity contribution in [3.05, 3.63) is 36.0 Å². The Hall–Kier alpha value is -1.85. The number of nitrogens with zero attached hydrogens (tertiary/aromatic N) is 3. The second-order valence-electron chi connectivity index (χ2n) is 6.36. The van der Waals surface area contributed by atoms with E-state index in [0.29, 0.717) is 19.6 Å². The van der Waals surface area contributed by atoms with E-state index in [1.165, 1.54) is 16.5 Å². The molecule has 0 saturated carbocycles. The van der Waals surface area contributed by atoms with Crippen LogP contribution in [0.25, 0.3) is 10.9 Å². The fraction of sp³-hybridized carbons (Fsp3) is 0.500. The first-order valence-electron chi connectivity index (χ1n) is 8.22. The van der Waals surface area contributed by atoms with Gasteiger partial charge in [0.05, 0.1) is 19.9 Å². The third kappa shape index (κ3) is 3.74. The van der Waals surface area contributed by atoms with Gasteiger partial charge in [0.15, 0.2) is 0 Å². The zero-order valence-electron chi connectivity index (χ0n) is 14.0. The molecule has 0 atom stereocenters. The van der Waals surface area contributed by atoms with Gasteiger partial charge in [0.1, 0.15) is 0 Å². The van der Waals surface area contributed by atoms with Gasteiger partial charge in [-0.1, -0.05) is 18.2 Å². The minimum atomic E-state index is 0.234. The summed E-state index contributed by atoms with van der Waals surface area (Å²) in [4.78, 5) is 16.4. The number of carbonyl (C=O) groups excluding carboxylic acids is 1. The number of ether oxygens (including phenoxy) is 1. The summed E-state index contributed by atoms with van der Waals surface area (Å²) in [6, 6.07) is 8.43. The molecule has 124 valence electrons. The molecule has 1 aromatic carbocycles. The highest BCUT2D eigenvalue weighted by molar-refractivity contribution is 5.85. The molecule has 0 spiro atoms. The van der Waals surface area contributed by atoms with Crippen LogP contribution in [0.4, 0.5) is 0 Å². The molecule has 5 nitrogen and oxygen atoms in total. The molecule has 0 N–H and O–H groups in total. The Labute approximate surface area is 137 Å². The summed E-state index contributed by atoms with van der Waals surface area (Å²) < 4.78 is 7.56. The van der Waals surface area contributed by atoms with Gasteiger partial charge < -0.3 is 14.2 Å². The lowest BCUT2D eigenvalue weighted by Crippen LogP contribution is -2.40. The molecule has 0 radical (unpaired) electrons. The van der Waals surface area contributed by atoms with Crippen molar-refractivity contribution in [1.29, 1.82) is 0 Å². The first-order valence-corrected chi connectivity index (χ1v) is 8.22.